The molecule has 1 saturated heterocycles. The van der Waals surface area contributed by atoms with Crippen LogP contribution < -0.4 is 5.32 Å². The summed E-state index contributed by atoms with van der Waals surface area (Å²) in [6.07, 6.45) is 5.49. The number of aliphatic hydroxyl groups is 1. The number of fused-ring (bicyclic) bond motifs is 3. The first kappa shape index (κ1) is 22.2. The van der Waals surface area contributed by atoms with E-state index in [-0.39, 0.29) is 12.0 Å². The summed E-state index contributed by atoms with van der Waals surface area (Å²) in [4.78, 5) is 33.9. The van der Waals surface area contributed by atoms with E-state index in [1.54, 1.807) is 18.3 Å². The predicted octanol–water partition coefficient (Wildman–Crippen LogP) is 2.48. The molecule has 1 fully saturated rings. The molecule has 174 valence electrons. The summed E-state index contributed by atoms with van der Waals surface area (Å²) in [7, 11) is 2.02. The molecule has 2 N–H and O–H groups in total. The molecule has 1 aliphatic heterocycles. The summed E-state index contributed by atoms with van der Waals surface area (Å²) in [5.74, 6) is -0.355. The Kier molecular flexibility index (Phi) is 5.63. The van der Waals surface area contributed by atoms with Crippen molar-refractivity contribution in [2.45, 2.75) is 24.5 Å². The number of amides is 1. The van der Waals surface area contributed by atoms with E-state index in [0.717, 1.165) is 11.1 Å². The van der Waals surface area contributed by atoms with Crippen molar-refractivity contribution in [2.75, 3.05) is 32.0 Å². The summed E-state index contributed by atoms with van der Waals surface area (Å²) in [6.45, 7) is 1.65. The highest BCUT2D eigenvalue weighted by Gasteiger charge is 2.50. The quantitative estimate of drug-likeness (QED) is 0.449. The number of ether oxygens (including phenoxy) is 1. The normalized spacial score (nSPS) is 22.4. The Morgan fingerprint density at radius 2 is 1.68 bits per heavy atom. The van der Waals surface area contributed by atoms with Crippen LogP contribution in [0.4, 0.5) is 5.82 Å². The molecule has 1 amide bonds. The summed E-state index contributed by atoms with van der Waals surface area (Å²) in [6, 6.07) is 14.8. The van der Waals surface area contributed by atoms with Gasteiger partial charge >= 0.3 is 5.97 Å². The van der Waals surface area contributed by atoms with Crippen LogP contribution in [-0.4, -0.2) is 64.2 Å². The van der Waals surface area contributed by atoms with Crippen molar-refractivity contribution in [1.82, 2.24) is 9.97 Å². The number of esters is 1. The van der Waals surface area contributed by atoms with Gasteiger partial charge in [-0.25, -0.2) is 9.78 Å². The standard InChI is InChI=1S/C26H26N4O4/c1-30(17-24(31)29-23-16-27-12-13-28-23)14-10-18(11-15-30)34-25(32)26(33)21-8-4-2-6-19(21)20-7-3-5-9-22(20)26/h2-9,12-13,16,18,33H,10-11,14-15,17H2,1H3/p+1. The van der Waals surface area contributed by atoms with Crippen molar-refractivity contribution in [2.24, 2.45) is 0 Å². The molecule has 0 spiro atoms. The molecule has 5 rings (SSSR count). The summed E-state index contributed by atoms with van der Waals surface area (Å²) in [5, 5.41) is 14.4. The lowest BCUT2D eigenvalue weighted by Gasteiger charge is -2.40. The molecule has 1 aliphatic carbocycles. The lowest BCUT2D eigenvalue weighted by molar-refractivity contribution is -0.907. The lowest BCUT2D eigenvalue weighted by Crippen LogP contribution is -2.55. The summed E-state index contributed by atoms with van der Waals surface area (Å²) >= 11 is 0. The van der Waals surface area contributed by atoms with Gasteiger partial charge in [0.15, 0.2) is 12.4 Å². The third-order valence-corrected chi connectivity index (χ3v) is 6.83. The maximum Gasteiger partial charge on any atom is 0.348 e. The first-order valence-corrected chi connectivity index (χ1v) is 11.4. The van der Waals surface area contributed by atoms with Gasteiger partial charge in [-0.2, -0.15) is 0 Å². The first-order chi connectivity index (χ1) is 16.4. The van der Waals surface area contributed by atoms with Gasteiger partial charge in [0.2, 0.25) is 5.60 Å². The van der Waals surface area contributed by atoms with E-state index < -0.39 is 11.6 Å². The number of nitrogens with one attached hydrogen (secondary N) is 1. The van der Waals surface area contributed by atoms with Crippen LogP contribution in [0.25, 0.3) is 11.1 Å². The number of likely N-dealkylation sites (tertiary alicyclic amines) is 1. The van der Waals surface area contributed by atoms with Crippen molar-refractivity contribution in [1.29, 1.82) is 0 Å². The zero-order chi connectivity index (χ0) is 23.8. The number of nitrogens with zero attached hydrogens (tertiary/aromatic N) is 3. The van der Waals surface area contributed by atoms with Gasteiger partial charge in [-0.1, -0.05) is 48.5 Å². The van der Waals surface area contributed by atoms with Crippen LogP contribution in [0.2, 0.25) is 0 Å². The molecule has 8 nitrogen and oxygen atoms in total. The highest BCUT2D eigenvalue weighted by atomic mass is 16.6. The van der Waals surface area contributed by atoms with Crippen molar-refractivity contribution in [3.8, 4) is 11.1 Å². The fourth-order valence-corrected chi connectivity index (χ4v) is 5.00. The number of hydrogen-bond acceptors (Lipinski definition) is 6. The molecule has 34 heavy (non-hydrogen) atoms. The second-order valence-corrected chi connectivity index (χ2v) is 9.27. The van der Waals surface area contributed by atoms with E-state index in [1.165, 1.54) is 12.4 Å². The lowest BCUT2D eigenvalue weighted by atomic mass is 9.91. The number of quaternary nitrogens is 1. The number of benzene rings is 2. The molecule has 0 radical (unpaired) electrons. The Bertz CT molecular complexity index is 1180. The number of carbonyl (C=O) groups excluding carboxylic acids is 2. The van der Waals surface area contributed by atoms with E-state index in [4.69, 9.17) is 4.74 Å². The number of hydrogen-bond donors (Lipinski definition) is 2. The highest BCUT2D eigenvalue weighted by molar-refractivity contribution is 5.96. The van der Waals surface area contributed by atoms with Crippen molar-refractivity contribution in [3.05, 3.63) is 78.2 Å². The second kappa shape index (κ2) is 8.62. The van der Waals surface area contributed by atoms with Gasteiger partial charge in [-0.05, 0) is 11.1 Å². The monoisotopic (exact) mass is 459 g/mol. The first-order valence-electron chi connectivity index (χ1n) is 11.4. The van der Waals surface area contributed by atoms with Gasteiger partial charge in [0.25, 0.3) is 5.91 Å². The van der Waals surface area contributed by atoms with Crippen LogP contribution >= 0.6 is 0 Å². The zero-order valence-corrected chi connectivity index (χ0v) is 19.0. The van der Waals surface area contributed by atoms with Crippen LogP contribution in [0.1, 0.15) is 24.0 Å². The van der Waals surface area contributed by atoms with Crippen molar-refractivity contribution < 1.29 is 23.9 Å². The second-order valence-electron chi connectivity index (χ2n) is 9.27. The molecule has 2 heterocycles. The molecule has 1 aromatic heterocycles. The van der Waals surface area contributed by atoms with Crippen molar-refractivity contribution >= 4 is 17.7 Å². The predicted molar refractivity (Wildman–Crippen MR) is 125 cm³/mol. The molecule has 3 aromatic rings. The zero-order valence-electron chi connectivity index (χ0n) is 19.0. The number of rotatable bonds is 5. The fraction of sp³-hybridized carbons (Fsp3) is 0.308. The third-order valence-electron chi connectivity index (χ3n) is 6.83. The van der Waals surface area contributed by atoms with Crippen molar-refractivity contribution in [3.63, 3.8) is 0 Å². The summed E-state index contributed by atoms with van der Waals surface area (Å²) < 4.78 is 6.41. The molecule has 0 atom stereocenters. The molecule has 2 aromatic carbocycles. The molecule has 0 unspecified atom stereocenters. The van der Waals surface area contributed by atoms with E-state index in [9.17, 15) is 14.7 Å². The third kappa shape index (κ3) is 3.95. The van der Waals surface area contributed by atoms with Gasteiger partial charge in [0, 0.05) is 36.4 Å². The van der Waals surface area contributed by atoms with E-state index in [2.05, 4.69) is 15.3 Å². The van der Waals surface area contributed by atoms with E-state index in [0.29, 0.717) is 53.9 Å². The van der Waals surface area contributed by atoms with E-state index in [1.807, 2.05) is 43.4 Å². The van der Waals surface area contributed by atoms with Gasteiger partial charge in [0.05, 0.1) is 26.3 Å². The van der Waals surface area contributed by atoms with Crippen LogP contribution in [-0.2, 0) is 19.9 Å². The van der Waals surface area contributed by atoms with E-state index >= 15 is 0 Å². The van der Waals surface area contributed by atoms with Crippen LogP contribution in [0.3, 0.4) is 0 Å². The molecular weight excluding hydrogens is 432 g/mol. The smallest absolute Gasteiger partial charge is 0.348 e. The number of likely N-dealkylation sites (N-methyl/N-ethyl adjacent to an activating group) is 1. The topological polar surface area (TPSA) is 101 Å². The SMILES string of the molecule is C[N+]1(CC(=O)Nc2cnccn2)CCC(OC(=O)C2(O)c3ccccc3-c3ccccc32)CC1. The van der Waals surface area contributed by atoms with Gasteiger partial charge < -0.3 is 19.6 Å². The molecule has 0 bridgehead atoms. The maximum absolute atomic E-state index is 13.3. The molecule has 0 saturated carbocycles. The van der Waals surface area contributed by atoms with Gasteiger partial charge in [0.1, 0.15) is 6.10 Å². The Morgan fingerprint density at radius 1 is 1.06 bits per heavy atom. The van der Waals surface area contributed by atoms with Crippen LogP contribution in [0.15, 0.2) is 67.1 Å². The fourth-order valence-electron chi connectivity index (χ4n) is 5.00. The maximum atomic E-state index is 13.3. The minimum atomic E-state index is -1.82. The largest absolute Gasteiger partial charge is 0.459 e. The Hall–Kier alpha value is -3.62. The molecule has 2 aliphatic rings. The van der Waals surface area contributed by atoms with Gasteiger partial charge in [-0.15, -0.1) is 0 Å². The van der Waals surface area contributed by atoms with Crippen LogP contribution in [0, 0.1) is 0 Å². The minimum Gasteiger partial charge on any atom is -0.459 e. The number of aromatic nitrogens is 2. The molecule has 8 heteroatoms. The Labute approximate surface area is 197 Å². The average molecular weight is 460 g/mol. The number of piperidine rings is 1. The summed E-state index contributed by atoms with van der Waals surface area (Å²) in [5.41, 5.74) is 0.982. The average Bonchev–Trinajstić information content (AvgIpc) is 3.11. The molecular formula is C26H27N4O4+. The highest BCUT2D eigenvalue weighted by Crippen LogP contribution is 2.48. The number of anilines is 1. The van der Waals surface area contributed by atoms with Crippen LogP contribution in [0.5, 0.6) is 0 Å². The Balaban J connectivity index is 1.24. The minimum absolute atomic E-state index is 0.132. The Morgan fingerprint density at radius 3 is 2.26 bits per heavy atom. The number of carbonyl (C=O) groups is 2. The van der Waals surface area contributed by atoms with Gasteiger partial charge in [-0.3, -0.25) is 9.78 Å².